The summed E-state index contributed by atoms with van der Waals surface area (Å²) in [5.41, 5.74) is 3.68. The average molecular weight is 285 g/mol. The highest BCUT2D eigenvalue weighted by Gasteiger charge is 2.17. The van der Waals surface area contributed by atoms with Crippen LogP contribution in [0.1, 0.15) is 45.9 Å². The number of allylic oxidation sites excluding steroid dienone is 2. The van der Waals surface area contributed by atoms with Crippen molar-refractivity contribution in [2.75, 3.05) is 0 Å². The fraction of sp³-hybridized carbons (Fsp3) is 0.438. The largest absolute Gasteiger partial charge is 0.242 e. The number of hydrogen-bond donors (Lipinski definition) is 0. The minimum Gasteiger partial charge on any atom is -0.242 e. The van der Waals surface area contributed by atoms with Crippen molar-refractivity contribution in [2.45, 2.75) is 46.6 Å². The Morgan fingerprint density at radius 2 is 2.05 bits per heavy atom. The van der Waals surface area contributed by atoms with Crippen molar-refractivity contribution in [1.82, 2.24) is 24.5 Å². The third-order valence-corrected chi connectivity index (χ3v) is 3.33. The third kappa shape index (κ3) is 2.96. The minimum atomic E-state index is 0.242. The predicted octanol–water partition coefficient (Wildman–Crippen LogP) is 3.72. The summed E-state index contributed by atoms with van der Waals surface area (Å²) in [6.45, 7) is 16.3. The molecule has 0 aliphatic carbocycles. The topological polar surface area (TPSA) is 48.5 Å². The first-order chi connectivity index (χ1) is 9.95. The van der Waals surface area contributed by atoms with Gasteiger partial charge >= 0.3 is 0 Å². The first-order valence-corrected chi connectivity index (χ1v) is 7.29. The Morgan fingerprint density at radius 1 is 1.33 bits per heavy atom. The maximum absolute atomic E-state index is 4.67. The SMILES string of the molecule is C=C(C)C(=C)n1nc(-c2ncnn2C(C)C)cc1CCC. The average Bonchev–Trinajstić information content (AvgIpc) is 3.03. The van der Waals surface area contributed by atoms with Gasteiger partial charge in [-0.2, -0.15) is 10.2 Å². The monoisotopic (exact) mass is 285 g/mol. The molecule has 2 aromatic rings. The lowest BCUT2D eigenvalue weighted by Gasteiger charge is -2.09. The fourth-order valence-corrected chi connectivity index (χ4v) is 2.19. The standard InChI is InChI=1S/C16H23N5/c1-7-8-14-9-15(19-21(14)13(6)11(2)3)16-17-10-18-20(16)12(4)5/h9-10,12H,2,6-8H2,1,3-5H3. The molecule has 0 saturated heterocycles. The molecule has 112 valence electrons. The quantitative estimate of drug-likeness (QED) is 0.760. The molecule has 2 aromatic heterocycles. The molecule has 0 saturated carbocycles. The molecule has 0 atom stereocenters. The molecule has 0 fully saturated rings. The van der Waals surface area contributed by atoms with E-state index in [0.29, 0.717) is 0 Å². The summed E-state index contributed by atoms with van der Waals surface area (Å²) < 4.78 is 3.76. The molecule has 5 heteroatoms. The van der Waals surface area contributed by atoms with Gasteiger partial charge in [0.2, 0.25) is 0 Å². The van der Waals surface area contributed by atoms with Crippen LogP contribution in [0.25, 0.3) is 17.2 Å². The van der Waals surface area contributed by atoms with E-state index in [4.69, 9.17) is 0 Å². The molecule has 21 heavy (non-hydrogen) atoms. The van der Waals surface area contributed by atoms with Crippen LogP contribution in [0.4, 0.5) is 0 Å². The lowest BCUT2D eigenvalue weighted by Crippen LogP contribution is -2.06. The number of aryl methyl sites for hydroxylation is 1. The summed E-state index contributed by atoms with van der Waals surface area (Å²) in [6, 6.07) is 2.31. The van der Waals surface area contributed by atoms with Gasteiger partial charge < -0.3 is 0 Å². The predicted molar refractivity (Wildman–Crippen MR) is 85.8 cm³/mol. The van der Waals surface area contributed by atoms with E-state index in [9.17, 15) is 0 Å². The molecule has 0 bridgehead atoms. The van der Waals surface area contributed by atoms with E-state index in [1.165, 1.54) is 0 Å². The van der Waals surface area contributed by atoms with Crippen LogP contribution in [0.15, 0.2) is 31.1 Å². The van der Waals surface area contributed by atoms with Crippen molar-refractivity contribution >= 4 is 5.70 Å². The molecule has 0 aliphatic rings. The maximum Gasteiger partial charge on any atom is 0.178 e. The van der Waals surface area contributed by atoms with Gasteiger partial charge in [-0.25, -0.2) is 14.3 Å². The Balaban J connectivity index is 2.51. The van der Waals surface area contributed by atoms with Crippen LogP contribution < -0.4 is 0 Å². The Hall–Kier alpha value is -2.17. The van der Waals surface area contributed by atoms with Crippen LogP contribution in [-0.2, 0) is 6.42 Å². The van der Waals surface area contributed by atoms with Gasteiger partial charge in [-0.05, 0) is 38.8 Å². The highest BCUT2D eigenvalue weighted by atomic mass is 15.4. The Labute approximate surface area is 126 Å². The van der Waals surface area contributed by atoms with E-state index in [1.54, 1.807) is 6.33 Å². The molecule has 2 heterocycles. The normalized spacial score (nSPS) is 11.1. The smallest absolute Gasteiger partial charge is 0.178 e. The Morgan fingerprint density at radius 3 is 2.62 bits per heavy atom. The van der Waals surface area contributed by atoms with E-state index < -0.39 is 0 Å². The van der Waals surface area contributed by atoms with Gasteiger partial charge in [0.15, 0.2) is 5.82 Å². The first-order valence-electron chi connectivity index (χ1n) is 7.29. The lowest BCUT2D eigenvalue weighted by molar-refractivity contribution is 0.536. The van der Waals surface area contributed by atoms with Crippen LogP contribution in [0.2, 0.25) is 0 Å². The van der Waals surface area contributed by atoms with Gasteiger partial charge in [0, 0.05) is 11.7 Å². The first kappa shape index (κ1) is 15.2. The van der Waals surface area contributed by atoms with Gasteiger partial charge in [-0.3, -0.25) is 0 Å². The molecule has 5 nitrogen and oxygen atoms in total. The van der Waals surface area contributed by atoms with Crippen molar-refractivity contribution in [2.24, 2.45) is 0 Å². The second-order valence-electron chi connectivity index (χ2n) is 5.53. The van der Waals surface area contributed by atoms with Crippen molar-refractivity contribution in [1.29, 1.82) is 0 Å². The fourth-order valence-electron chi connectivity index (χ4n) is 2.19. The van der Waals surface area contributed by atoms with Crippen LogP contribution in [0.3, 0.4) is 0 Å². The molecule has 0 spiro atoms. The molecule has 0 radical (unpaired) electrons. The summed E-state index contributed by atoms with van der Waals surface area (Å²) in [5, 5.41) is 8.94. The molecular weight excluding hydrogens is 262 g/mol. The Kier molecular flexibility index (Phi) is 4.40. The zero-order valence-corrected chi connectivity index (χ0v) is 13.3. The van der Waals surface area contributed by atoms with E-state index in [2.05, 4.69) is 55.2 Å². The van der Waals surface area contributed by atoms with Gasteiger partial charge in [-0.1, -0.05) is 26.5 Å². The maximum atomic E-state index is 4.67. The summed E-state index contributed by atoms with van der Waals surface area (Å²) in [6.07, 6.45) is 3.56. The second kappa shape index (κ2) is 6.08. The molecule has 0 aromatic carbocycles. The number of aromatic nitrogens is 5. The molecule has 0 aliphatic heterocycles. The third-order valence-electron chi connectivity index (χ3n) is 3.33. The van der Waals surface area contributed by atoms with Crippen LogP contribution in [-0.4, -0.2) is 24.5 Å². The highest BCUT2D eigenvalue weighted by molar-refractivity contribution is 5.62. The van der Waals surface area contributed by atoms with Crippen molar-refractivity contribution in [3.63, 3.8) is 0 Å². The molecule has 2 rings (SSSR count). The van der Waals surface area contributed by atoms with E-state index in [1.807, 2.05) is 16.3 Å². The molecular formula is C16H23N5. The zero-order chi connectivity index (χ0) is 15.6. The van der Waals surface area contributed by atoms with Crippen molar-refractivity contribution < 1.29 is 0 Å². The van der Waals surface area contributed by atoms with Gasteiger partial charge in [0.25, 0.3) is 0 Å². The van der Waals surface area contributed by atoms with E-state index in [0.717, 1.165) is 41.3 Å². The lowest BCUT2D eigenvalue weighted by atomic mass is 10.2. The minimum absolute atomic E-state index is 0.242. The summed E-state index contributed by atoms with van der Waals surface area (Å²) in [4.78, 5) is 4.35. The molecule has 0 amide bonds. The van der Waals surface area contributed by atoms with Gasteiger partial charge in [0.05, 0.1) is 5.70 Å². The zero-order valence-electron chi connectivity index (χ0n) is 13.3. The molecule has 0 N–H and O–H groups in total. The molecule has 0 unspecified atom stereocenters. The van der Waals surface area contributed by atoms with Crippen molar-refractivity contribution in [3.05, 3.63) is 36.8 Å². The Bertz CT molecular complexity index is 660. The van der Waals surface area contributed by atoms with E-state index >= 15 is 0 Å². The second-order valence-corrected chi connectivity index (χ2v) is 5.53. The van der Waals surface area contributed by atoms with Crippen molar-refractivity contribution in [3.8, 4) is 11.5 Å². The van der Waals surface area contributed by atoms with Gasteiger partial charge in [0.1, 0.15) is 12.0 Å². The summed E-state index contributed by atoms with van der Waals surface area (Å²) in [7, 11) is 0. The van der Waals surface area contributed by atoms with Gasteiger partial charge in [-0.15, -0.1) is 0 Å². The highest BCUT2D eigenvalue weighted by Crippen LogP contribution is 2.23. The number of nitrogens with zero attached hydrogens (tertiary/aromatic N) is 5. The van der Waals surface area contributed by atoms with Crippen LogP contribution in [0, 0.1) is 0 Å². The number of hydrogen-bond acceptors (Lipinski definition) is 3. The number of rotatable bonds is 6. The van der Waals surface area contributed by atoms with E-state index in [-0.39, 0.29) is 6.04 Å². The summed E-state index contributed by atoms with van der Waals surface area (Å²) in [5.74, 6) is 0.788. The van der Waals surface area contributed by atoms with Crippen LogP contribution in [0.5, 0.6) is 0 Å². The summed E-state index contributed by atoms with van der Waals surface area (Å²) >= 11 is 0. The van der Waals surface area contributed by atoms with Crippen LogP contribution >= 0.6 is 0 Å².